The van der Waals surface area contributed by atoms with Crippen LogP contribution in [0.1, 0.15) is 66.5 Å². The van der Waals surface area contributed by atoms with Gasteiger partial charge in [-0.05, 0) is 81.9 Å². The summed E-state index contributed by atoms with van der Waals surface area (Å²) in [5, 5.41) is 52.3. The highest BCUT2D eigenvalue weighted by Gasteiger charge is 2.61. The van der Waals surface area contributed by atoms with Crippen molar-refractivity contribution in [2.45, 2.75) is 43.7 Å². The zero-order valence-corrected chi connectivity index (χ0v) is 50.7. The van der Waals surface area contributed by atoms with E-state index in [2.05, 4.69) is 4.99 Å². The van der Waals surface area contributed by atoms with E-state index in [-0.39, 0.29) is 75.8 Å². The fourth-order valence-corrected chi connectivity index (χ4v) is 13.6. The minimum absolute atomic E-state index is 0.0544. The van der Waals surface area contributed by atoms with Gasteiger partial charge < -0.3 is 33.5 Å². The Morgan fingerprint density at radius 3 is 1.22 bits per heavy atom. The van der Waals surface area contributed by atoms with Crippen LogP contribution in [0.25, 0.3) is 32.0 Å². The zero-order valence-electron chi connectivity index (χ0n) is 49.0. The van der Waals surface area contributed by atoms with Crippen LogP contribution in [0, 0.1) is 68.6 Å². The molecule has 1 unspecified atom stereocenters. The summed E-state index contributed by atoms with van der Waals surface area (Å²) in [5.74, 6) is -12.7. The molecule has 18 nitrogen and oxygen atoms in total. The summed E-state index contributed by atoms with van der Waals surface area (Å²) in [6, 6.07) is 47.7. The van der Waals surface area contributed by atoms with Gasteiger partial charge >= 0.3 is 35.1 Å². The first-order chi connectivity index (χ1) is 46.5. The highest BCUT2D eigenvalue weighted by atomic mass is 32.1. The van der Waals surface area contributed by atoms with Crippen molar-refractivity contribution in [3.63, 3.8) is 0 Å². The largest absolute Gasteiger partial charge is 0.459 e. The molecule has 0 fully saturated rings. The first-order valence-corrected chi connectivity index (χ1v) is 30.3. The predicted molar refractivity (Wildman–Crippen MR) is 335 cm³/mol. The van der Waals surface area contributed by atoms with Crippen molar-refractivity contribution in [3.05, 3.63) is 260 Å². The number of carbonyl (C=O) groups excluding carboxylic acids is 5. The SMILES string of the molecule is N#CC(C#N)=C1C(=Nc2cc3c(s2)-c2cc4c(cc2OC3(C(=O)OCc2ccccc2)C(=O)OCc2ccccc2)-c2sc(N=C3C(=C(C#N)C#N)c5cc(F)c(F)cc5C3O)cc2C(C(=O)OCc2ccccc2)(C(=O)OCc2ccccc2)O4)C(=O)c2cc(F)c(F)cc21. The summed E-state index contributed by atoms with van der Waals surface area (Å²) in [5.41, 5.74) is -9.56. The van der Waals surface area contributed by atoms with Crippen molar-refractivity contribution in [2.24, 2.45) is 9.98 Å². The number of fused-ring (bicyclic) bond motifs is 8. The average Bonchev–Trinajstić information content (AvgIpc) is 1.50. The Labute approximate surface area is 548 Å². The number of nitriles is 4. The van der Waals surface area contributed by atoms with Gasteiger partial charge in [-0.3, -0.25) is 4.79 Å². The van der Waals surface area contributed by atoms with Crippen molar-refractivity contribution >= 4 is 84.9 Å². The number of aliphatic hydroxyl groups is 1. The topological polar surface area (TPSA) is 281 Å². The van der Waals surface area contributed by atoms with Crippen molar-refractivity contribution in [1.82, 2.24) is 0 Å². The Balaban J connectivity index is 1.06. The van der Waals surface area contributed by atoms with Crippen LogP contribution in [0.2, 0.25) is 0 Å². The number of allylic oxidation sites excluding steroid dienone is 3. The Kier molecular flexibility index (Phi) is 16.4. The number of aliphatic imine (C=N–C) groups is 2. The fraction of sp³-hybridized carbons (Fsp3) is 0.0972. The van der Waals surface area contributed by atoms with E-state index in [0.717, 1.165) is 17.4 Å². The summed E-state index contributed by atoms with van der Waals surface area (Å²) in [6.45, 7) is -1.80. The maximum atomic E-state index is 15.5. The second kappa shape index (κ2) is 25.2. The molecule has 4 aliphatic rings. The van der Waals surface area contributed by atoms with Gasteiger partial charge in [-0.2, -0.15) is 21.0 Å². The number of ketones is 1. The van der Waals surface area contributed by atoms with E-state index < -0.39 is 130 Å². The number of nitrogens with zero attached hydrogens (tertiary/aromatic N) is 6. The minimum Gasteiger partial charge on any atom is -0.459 e. The molecule has 1 atom stereocenters. The number of thiophene rings is 2. The molecule has 1 N–H and O–H groups in total. The van der Waals surface area contributed by atoms with E-state index in [0.29, 0.717) is 57.9 Å². The smallest absolute Gasteiger partial charge is 0.367 e. The molecule has 0 radical (unpaired) electrons. The molecule has 468 valence electrons. The maximum absolute atomic E-state index is 15.5. The van der Waals surface area contributed by atoms with Gasteiger partial charge in [0.2, 0.25) is 5.78 Å². The molecule has 13 rings (SSSR count). The van der Waals surface area contributed by atoms with Gasteiger partial charge in [-0.25, -0.2) is 46.7 Å². The molecular formula is C72H38F4N6O12S2. The third-order valence-electron chi connectivity index (χ3n) is 15.9. The van der Waals surface area contributed by atoms with Crippen molar-refractivity contribution in [1.29, 1.82) is 21.0 Å². The number of benzene rings is 7. The average molecular weight is 1320 g/mol. The minimum atomic E-state index is -3.00. The van der Waals surface area contributed by atoms with Crippen LogP contribution in [-0.2, 0) is 75.8 Å². The van der Waals surface area contributed by atoms with E-state index in [4.69, 9.17) is 33.4 Å². The fourth-order valence-electron chi connectivity index (χ4n) is 11.4. The molecule has 7 aromatic carbocycles. The molecule has 0 spiro atoms. The molecule has 2 aromatic heterocycles. The van der Waals surface area contributed by atoms with Crippen LogP contribution in [0.15, 0.2) is 191 Å². The Morgan fingerprint density at radius 1 is 0.469 bits per heavy atom. The van der Waals surface area contributed by atoms with Gasteiger partial charge in [0, 0.05) is 54.3 Å². The van der Waals surface area contributed by atoms with E-state index in [1.165, 1.54) is 18.2 Å². The third-order valence-corrected chi connectivity index (χ3v) is 18.0. The molecule has 96 heavy (non-hydrogen) atoms. The summed E-state index contributed by atoms with van der Waals surface area (Å²) in [7, 11) is 0. The number of aliphatic hydroxyl groups excluding tert-OH is 1. The Hall–Kier alpha value is -12.5. The number of ether oxygens (including phenoxy) is 6. The molecule has 0 saturated carbocycles. The van der Waals surface area contributed by atoms with E-state index in [1.807, 2.05) is 0 Å². The number of Topliss-reactive ketones (excluding diaryl/α,β-unsaturated/α-hetero) is 1. The number of esters is 4. The lowest BCUT2D eigenvalue weighted by Gasteiger charge is -2.37. The second-order valence-corrected chi connectivity index (χ2v) is 23.7. The highest BCUT2D eigenvalue weighted by Crippen LogP contribution is 2.60. The molecule has 4 heterocycles. The Morgan fingerprint density at radius 2 is 0.823 bits per heavy atom. The first-order valence-electron chi connectivity index (χ1n) is 28.7. The summed E-state index contributed by atoms with van der Waals surface area (Å²) in [6.07, 6.45) is -1.91. The molecule has 0 bridgehead atoms. The lowest BCUT2D eigenvalue weighted by atomic mass is 9.85. The van der Waals surface area contributed by atoms with Gasteiger partial charge in [0.25, 0.3) is 0 Å². The van der Waals surface area contributed by atoms with E-state index in [1.54, 1.807) is 146 Å². The third kappa shape index (κ3) is 10.8. The van der Waals surface area contributed by atoms with E-state index in [9.17, 15) is 39.7 Å². The quantitative estimate of drug-likeness (QED) is 0.0348. The molecule has 24 heteroatoms. The second-order valence-electron chi connectivity index (χ2n) is 21.6. The van der Waals surface area contributed by atoms with E-state index >= 15 is 28.0 Å². The van der Waals surface area contributed by atoms with Crippen molar-refractivity contribution in [2.75, 3.05) is 0 Å². The summed E-state index contributed by atoms with van der Waals surface area (Å²) in [4.78, 5) is 85.6. The lowest BCUT2D eigenvalue weighted by molar-refractivity contribution is -0.185. The molecule has 9 aromatic rings. The van der Waals surface area contributed by atoms with Crippen LogP contribution in [0.5, 0.6) is 11.5 Å². The molecule has 2 aliphatic carbocycles. The number of halogens is 4. The summed E-state index contributed by atoms with van der Waals surface area (Å²) >= 11 is 1.40. The monoisotopic (exact) mass is 1320 g/mol. The number of hydrogen-bond donors (Lipinski definition) is 1. The standard InChI is InChI=1S/C72H38F4N6O12S2/c73-51-21-43-45(23-53(51)75)63(83)61(59(43)41(29-77)30-78)81-57-27-49-65(95-57)47-26-56-48(25-55(47)93-71(49,67(85)89-33-37-13-5-1-6-14-37)68(86)90-34-38-15-7-2-8-16-38)66-50(28-58(96-66)82-62-60(42(31-79)32-80)44-22-52(74)54(76)24-46(44)64(62)84)72(94-56,69(87)91-35-39-17-9-3-10-18-39)70(88)92-36-40-19-11-4-12-20-40/h1-28,63,83H,33-36H2. The molecule has 0 amide bonds. The molecular weight excluding hydrogens is 1280 g/mol. The summed E-state index contributed by atoms with van der Waals surface area (Å²) < 4.78 is 97.6. The number of rotatable bonds is 14. The van der Waals surface area contributed by atoms with Crippen LogP contribution < -0.4 is 9.47 Å². The van der Waals surface area contributed by atoms with Crippen LogP contribution in [0.4, 0.5) is 27.6 Å². The van der Waals surface area contributed by atoms with Gasteiger partial charge in [-0.1, -0.05) is 121 Å². The van der Waals surface area contributed by atoms with Gasteiger partial charge in [0.1, 0.15) is 95.2 Å². The normalized spacial score (nSPS) is 15.5. The highest BCUT2D eigenvalue weighted by molar-refractivity contribution is 7.20. The number of carbonyl (C=O) groups is 5. The molecule has 2 aliphatic heterocycles. The Bertz CT molecular complexity index is 5000. The van der Waals surface area contributed by atoms with Crippen molar-refractivity contribution < 1.29 is 75.1 Å². The molecule has 0 saturated heterocycles. The first kappa shape index (κ1) is 62.4. The number of hydrogen-bond acceptors (Lipinski definition) is 20. The van der Waals surface area contributed by atoms with Crippen LogP contribution >= 0.6 is 22.7 Å². The van der Waals surface area contributed by atoms with Gasteiger partial charge in [-0.15, -0.1) is 22.7 Å². The van der Waals surface area contributed by atoms with Gasteiger partial charge in [0.05, 0.1) is 5.71 Å². The van der Waals surface area contributed by atoms with Gasteiger partial charge in [0.15, 0.2) is 23.3 Å². The van der Waals surface area contributed by atoms with Crippen LogP contribution in [-0.4, -0.2) is 46.2 Å². The maximum Gasteiger partial charge on any atom is 0.367 e. The lowest BCUT2D eigenvalue weighted by Crippen LogP contribution is -2.52. The zero-order chi connectivity index (χ0) is 67.2. The van der Waals surface area contributed by atoms with Crippen molar-refractivity contribution in [3.8, 4) is 56.7 Å². The predicted octanol–water partition coefficient (Wildman–Crippen LogP) is 13.2. The van der Waals surface area contributed by atoms with Crippen LogP contribution in [0.3, 0.4) is 0 Å².